The van der Waals surface area contributed by atoms with Gasteiger partial charge in [0.15, 0.2) is 0 Å². The first-order valence-electron chi connectivity index (χ1n) is 18.7. The minimum atomic E-state index is -0.919. The number of aliphatic hydroxyl groups is 1. The lowest BCUT2D eigenvalue weighted by Crippen LogP contribution is -2.53. The predicted molar refractivity (Wildman–Crippen MR) is 206 cm³/mol. The first-order valence-corrected chi connectivity index (χ1v) is 18.7. The van der Waals surface area contributed by atoms with E-state index in [0.717, 1.165) is 23.8 Å². The Hall–Kier alpha value is -5.11. The summed E-state index contributed by atoms with van der Waals surface area (Å²) in [4.78, 5) is 66.5. The van der Waals surface area contributed by atoms with Gasteiger partial charge in [-0.25, -0.2) is 8.78 Å². The number of carbonyl (C=O) groups is 5. The Kier molecular flexibility index (Phi) is 16.5. The molecule has 2 aromatic carbocycles. The van der Waals surface area contributed by atoms with Crippen LogP contribution in [0.4, 0.5) is 8.78 Å². The topological polar surface area (TPSA) is 167 Å². The summed E-state index contributed by atoms with van der Waals surface area (Å²) in [6, 6.07) is 13.0. The molecule has 0 radical (unpaired) electrons. The Morgan fingerprint density at radius 2 is 1.64 bits per heavy atom. The SMILES string of the molecule is CCCN(CC(=O)NC(C(=O)NCCCN(C(=O)CO)C(c1cc(-c2cc(F)ccc2F)cn1Cc1ccccc1)C(C)(C)C)C(C)C)C(=O)CCC(N)=O. The van der Waals surface area contributed by atoms with Crippen molar-refractivity contribution in [1.29, 1.82) is 0 Å². The number of primary amides is 1. The average Bonchev–Trinajstić information content (AvgIpc) is 3.52. The second-order valence-electron chi connectivity index (χ2n) is 15.1. The fraction of sp³-hybridized carbons (Fsp3) is 0.488. The van der Waals surface area contributed by atoms with Crippen molar-refractivity contribution in [3.8, 4) is 11.1 Å². The summed E-state index contributed by atoms with van der Waals surface area (Å²) in [5.41, 5.74) is 6.65. The average molecular weight is 767 g/mol. The predicted octanol–water partition coefficient (Wildman–Crippen LogP) is 4.54. The molecule has 300 valence electrons. The molecule has 2 atom stereocenters. The summed E-state index contributed by atoms with van der Waals surface area (Å²) in [5, 5.41) is 15.7. The Morgan fingerprint density at radius 3 is 2.24 bits per heavy atom. The van der Waals surface area contributed by atoms with Crippen molar-refractivity contribution < 1.29 is 37.9 Å². The Labute approximate surface area is 322 Å². The minimum Gasteiger partial charge on any atom is -0.387 e. The van der Waals surface area contributed by atoms with E-state index in [1.54, 1.807) is 31.0 Å². The number of carbonyl (C=O) groups excluding carboxylic acids is 5. The fourth-order valence-electron chi connectivity index (χ4n) is 6.55. The van der Waals surface area contributed by atoms with E-state index >= 15 is 4.39 Å². The van der Waals surface area contributed by atoms with Crippen molar-refractivity contribution >= 4 is 29.5 Å². The van der Waals surface area contributed by atoms with Gasteiger partial charge >= 0.3 is 0 Å². The van der Waals surface area contributed by atoms with Crippen LogP contribution in [0.5, 0.6) is 0 Å². The number of aliphatic hydroxyl groups excluding tert-OH is 1. The van der Waals surface area contributed by atoms with Gasteiger partial charge in [-0.1, -0.05) is 71.9 Å². The molecule has 0 fully saturated rings. The van der Waals surface area contributed by atoms with Gasteiger partial charge < -0.3 is 35.8 Å². The van der Waals surface area contributed by atoms with E-state index in [1.165, 1.54) is 4.90 Å². The third-order valence-electron chi connectivity index (χ3n) is 9.14. The molecule has 0 bridgehead atoms. The summed E-state index contributed by atoms with van der Waals surface area (Å²) >= 11 is 0. The van der Waals surface area contributed by atoms with E-state index in [2.05, 4.69) is 10.6 Å². The van der Waals surface area contributed by atoms with Crippen LogP contribution in [0.3, 0.4) is 0 Å². The number of amides is 5. The van der Waals surface area contributed by atoms with E-state index in [9.17, 15) is 33.5 Å². The summed E-state index contributed by atoms with van der Waals surface area (Å²) < 4.78 is 31.3. The highest BCUT2D eigenvalue weighted by Gasteiger charge is 2.37. The van der Waals surface area contributed by atoms with Gasteiger partial charge in [0, 0.05) is 62.0 Å². The van der Waals surface area contributed by atoms with Crippen LogP contribution in [-0.2, 0) is 30.5 Å². The van der Waals surface area contributed by atoms with Crippen molar-refractivity contribution in [2.75, 3.05) is 32.8 Å². The second-order valence-corrected chi connectivity index (χ2v) is 15.1. The molecule has 1 aromatic heterocycles. The van der Waals surface area contributed by atoms with Gasteiger partial charge in [0.1, 0.15) is 24.3 Å². The van der Waals surface area contributed by atoms with Crippen molar-refractivity contribution in [3.05, 3.63) is 83.7 Å². The van der Waals surface area contributed by atoms with Crippen LogP contribution in [0, 0.1) is 23.0 Å². The third-order valence-corrected chi connectivity index (χ3v) is 9.14. The highest BCUT2D eigenvalue weighted by atomic mass is 19.1. The van der Waals surface area contributed by atoms with Crippen molar-refractivity contribution in [1.82, 2.24) is 25.0 Å². The maximum Gasteiger partial charge on any atom is 0.248 e. The zero-order valence-electron chi connectivity index (χ0n) is 32.7. The van der Waals surface area contributed by atoms with Crippen LogP contribution in [0.25, 0.3) is 11.1 Å². The van der Waals surface area contributed by atoms with Crippen LogP contribution in [0.15, 0.2) is 60.8 Å². The molecule has 1 heterocycles. The maximum atomic E-state index is 15.1. The van der Waals surface area contributed by atoms with Crippen molar-refractivity contribution in [2.45, 2.75) is 85.9 Å². The minimum absolute atomic E-state index is 0.0722. The number of nitrogens with two attached hydrogens (primary N) is 1. The van der Waals surface area contributed by atoms with Crippen LogP contribution in [0.2, 0.25) is 0 Å². The number of nitrogens with one attached hydrogen (secondary N) is 2. The number of hydrogen-bond donors (Lipinski definition) is 4. The molecule has 0 spiro atoms. The van der Waals surface area contributed by atoms with Crippen LogP contribution in [0.1, 0.15) is 84.5 Å². The summed E-state index contributed by atoms with van der Waals surface area (Å²) in [6.45, 7) is 11.1. The number of halogens is 2. The number of aromatic nitrogens is 1. The van der Waals surface area contributed by atoms with E-state index < -0.39 is 59.4 Å². The smallest absolute Gasteiger partial charge is 0.248 e. The Balaban J connectivity index is 1.82. The molecule has 2 unspecified atom stereocenters. The summed E-state index contributed by atoms with van der Waals surface area (Å²) in [5.74, 6) is -4.03. The molecule has 3 aromatic rings. The Morgan fingerprint density at radius 1 is 0.945 bits per heavy atom. The lowest BCUT2D eigenvalue weighted by atomic mass is 9.83. The van der Waals surface area contributed by atoms with Gasteiger partial charge in [0.2, 0.25) is 29.5 Å². The zero-order chi connectivity index (χ0) is 40.9. The molecule has 14 heteroatoms. The van der Waals surface area contributed by atoms with Crippen LogP contribution in [-0.4, -0.2) is 87.8 Å². The largest absolute Gasteiger partial charge is 0.387 e. The molecule has 0 aliphatic carbocycles. The highest BCUT2D eigenvalue weighted by Crippen LogP contribution is 2.41. The van der Waals surface area contributed by atoms with E-state index in [4.69, 9.17) is 5.73 Å². The first-order chi connectivity index (χ1) is 26.0. The molecule has 12 nitrogen and oxygen atoms in total. The molecular formula is C41H56F2N6O6. The first kappa shape index (κ1) is 44.3. The zero-order valence-corrected chi connectivity index (χ0v) is 32.7. The molecule has 0 saturated heterocycles. The third kappa shape index (κ3) is 13.0. The molecule has 0 aliphatic rings. The lowest BCUT2D eigenvalue weighted by Gasteiger charge is -2.41. The number of benzene rings is 2. The highest BCUT2D eigenvalue weighted by molar-refractivity contribution is 5.91. The molecule has 0 aliphatic heterocycles. The van der Waals surface area contributed by atoms with Gasteiger partial charge in [-0.15, -0.1) is 0 Å². The van der Waals surface area contributed by atoms with E-state index in [0.29, 0.717) is 30.8 Å². The fourth-order valence-corrected chi connectivity index (χ4v) is 6.55. The second kappa shape index (κ2) is 20.5. The molecule has 3 rings (SSSR count). The molecule has 5 N–H and O–H groups in total. The van der Waals surface area contributed by atoms with Crippen LogP contribution >= 0.6 is 0 Å². The van der Waals surface area contributed by atoms with Gasteiger partial charge in [-0.05, 0) is 54.0 Å². The summed E-state index contributed by atoms with van der Waals surface area (Å²) in [6.07, 6.45) is 2.35. The van der Waals surface area contributed by atoms with E-state index in [1.807, 2.05) is 62.6 Å². The van der Waals surface area contributed by atoms with Crippen molar-refractivity contribution in [2.24, 2.45) is 17.1 Å². The van der Waals surface area contributed by atoms with Gasteiger partial charge in [-0.2, -0.15) is 0 Å². The number of nitrogens with zero attached hydrogens (tertiary/aromatic N) is 3. The molecule has 0 saturated carbocycles. The van der Waals surface area contributed by atoms with Gasteiger partial charge in [-0.3, -0.25) is 24.0 Å². The molecule has 5 amide bonds. The van der Waals surface area contributed by atoms with Crippen LogP contribution < -0.4 is 16.4 Å². The monoisotopic (exact) mass is 766 g/mol. The number of rotatable bonds is 20. The van der Waals surface area contributed by atoms with Gasteiger partial charge in [0.25, 0.3) is 0 Å². The van der Waals surface area contributed by atoms with Crippen molar-refractivity contribution in [3.63, 3.8) is 0 Å². The van der Waals surface area contributed by atoms with E-state index in [-0.39, 0.29) is 56.3 Å². The van der Waals surface area contributed by atoms with Gasteiger partial charge in [0.05, 0.1) is 12.6 Å². The molecular weight excluding hydrogens is 710 g/mol. The molecule has 55 heavy (non-hydrogen) atoms. The number of hydrogen-bond acceptors (Lipinski definition) is 6. The lowest BCUT2D eigenvalue weighted by molar-refractivity contribution is -0.139. The quantitative estimate of drug-likeness (QED) is 0.123. The summed E-state index contributed by atoms with van der Waals surface area (Å²) in [7, 11) is 0. The Bertz CT molecular complexity index is 1770. The normalized spacial score (nSPS) is 12.5. The standard InChI is InChI=1S/C41H56F2N6O6/c1-7-19-47(36(53)17-16-34(44)51)25-35(52)46-38(27(2)3)40(55)45-18-11-20-49(37(54)26-50)39(41(4,5)6)33-21-29(31-22-30(42)14-15-32(31)43)24-48(33)23-28-12-9-8-10-13-28/h8-10,12-15,21-22,24,27,38-39,50H,7,11,16-20,23,25-26H2,1-6H3,(H2,44,51)(H,45,55)(H,46,52). The maximum absolute atomic E-state index is 15.1.